The topological polar surface area (TPSA) is 42.7 Å². The number of nitrogens with one attached hydrogen (secondary N) is 1. The number of aromatic nitrogens is 3. The third kappa shape index (κ3) is 2.48. The molecule has 96 valence electrons. The summed E-state index contributed by atoms with van der Waals surface area (Å²) >= 11 is 0. The number of benzene rings is 1. The molecule has 0 aliphatic rings. The quantitative estimate of drug-likeness (QED) is 0.774. The van der Waals surface area contributed by atoms with Gasteiger partial charge in [0.1, 0.15) is 5.82 Å². The Kier molecular flexibility index (Phi) is 3.25. The molecular weight excluding hydrogens is 236 g/mol. The van der Waals surface area contributed by atoms with E-state index < -0.39 is 0 Å². The first-order valence-corrected chi connectivity index (χ1v) is 6.34. The van der Waals surface area contributed by atoms with E-state index in [9.17, 15) is 0 Å². The highest BCUT2D eigenvalue weighted by Crippen LogP contribution is 2.15. The zero-order valence-corrected chi connectivity index (χ0v) is 10.9. The van der Waals surface area contributed by atoms with Crippen LogP contribution in [0, 0.1) is 0 Å². The SMILES string of the molecule is Cn1ccnc1CNCc1cccc2cccnc12. The van der Waals surface area contributed by atoms with Crippen LogP contribution in [0.2, 0.25) is 0 Å². The lowest BCUT2D eigenvalue weighted by Gasteiger charge is -2.07. The van der Waals surface area contributed by atoms with Crippen LogP contribution in [0.5, 0.6) is 0 Å². The van der Waals surface area contributed by atoms with Crippen molar-refractivity contribution < 1.29 is 0 Å². The van der Waals surface area contributed by atoms with Crippen LogP contribution in [0.3, 0.4) is 0 Å². The Bertz CT molecular complexity index is 682. The molecule has 0 aliphatic carbocycles. The summed E-state index contributed by atoms with van der Waals surface area (Å²) in [4.78, 5) is 8.75. The summed E-state index contributed by atoms with van der Waals surface area (Å²) in [6.45, 7) is 1.55. The zero-order chi connectivity index (χ0) is 13.1. The molecule has 0 spiro atoms. The molecule has 2 heterocycles. The molecule has 2 aromatic heterocycles. The van der Waals surface area contributed by atoms with Crippen LogP contribution in [0.15, 0.2) is 48.9 Å². The van der Waals surface area contributed by atoms with Crippen LogP contribution >= 0.6 is 0 Å². The minimum Gasteiger partial charge on any atom is -0.337 e. The van der Waals surface area contributed by atoms with Crippen molar-refractivity contribution in [3.05, 3.63) is 60.3 Å². The van der Waals surface area contributed by atoms with Crippen molar-refractivity contribution >= 4 is 10.9 Å². The molecule has 0 bridgehead atoms. The second-order valence-electron chi connectivity index (χ2n) is 4.55. The Labute approximate surface area is 112 Å². The summed E-state index contributed by atoms with van der Waals surface area (Å²) in [6.07, 6.45) is 5.61. The molecule has 4 heteroatoms. The van der Waals surface area contributed by atoms with Gasteiger partial charge in [-0.05, 0) is 11.6 Å². The lowest BCUT2D eigenvalue weighted by molar-refractivity contribution is 0.640. The number of para-hydroxylation sites is 1. The van der Waals surface area contributed by atoms with Gasteiger partial charge in [0.15, 0.2) is 0 Å². The van der Waals surface area contributed by atoms with E-state index in [4.69, 9.17) is 0 Å². The maximum atomic E-state index is 4.45. The summed E-state index contributed by atoms with van der Waals surface area (Å²) in [5, 5.41) is 4.59. The lowest BCUT2D eigenvalue weighted by atomic mass is 10.1. The number of aryl methyl sites for hydroxylation is 1. The minimum atomic E-state index is 0.757. The van der Waals surface area contributed by atoms with Crippen molar-refractivity contribution in [3.8, 4) is 0 Å². The zero-order valence-electron chi connectivity index (χ0n) is 10.9. The van der Waals surface area contributed by atoms with Gasteiger partial charge in [-0.3, -0.25) is 4.98 Å². The van der Waals surface area contributed by atoms with E-state index >= 15 is 0 Å². The third-order valence-electron chi connectivity index (χ3n) is 3.24. The van der Waals surface area contributed by atoms with Gasteiger partial charge in [-0.1, -0.05) is 24.3 Å². The summed E-state index contributed by atoms with van der Waals surface area (Å²) < 4.78 is 2.02. The minimum absolute atomic E-state index is 0.757. The molecule has 0 amide bonds. The van der Waals surface area contributed by atoms with Gasteiger partial charge in [0.2, 0.25) is 0 Å². The molecule has 0 aliphatic heterocycles. The largest absolute Gasteiger partial charge is 0.337 e. The van der Waals surface area contributed by atoms with Crippen LogP contribution in [0.25, 0.3) is 10.9 Å². The number of pyridine rings is 1. The number of fused-ring (bicyclic) bond motifs is 1. The van der Waals surface area contributed by atoms with Crippen LogP contribution in [0.1, 0.15) is 11.4 Å². The average Bonchev–Trinajstić information content (AvgIpc) is 2.85. The summed E-state index contributed by atoms with van der Waals surface area (Å²) in [6, 6.07) is 10.3. The summed E-state index contributed by atoms with van der Waals surface area (Å²) in [5.41, 5.74) is 2.28. The van der Waals surface area contributed by atoms with Gasteiger partial charge in [-0.25, -0.2) is 4.98 Å². The molecule has 0 saturated heterocycles. The third-order valence-corrected chi connectivity index (χ3v) is 3.24. The highest BCUT2D eigenvalue weighted by molar-refractivity contribution is 5.81. The van der Waals surface area contributed by atoms with Gasteiger partial charge in [-0.15, -0.1) is 0 Å². The molecular formula is C15H16N4. The van der Waals surface area contributed by atoms with Gasteiger partial charge >= 0.3 is 0 Å². The van der Waals surface area contributed by atoms with Gasteiger partial charge in [0.25, 0.3) is 0 Å². The van der Waals surface area contributed by atoms with Gasteiger partial charge in [-0.2, -0.15) is 0 Å². The molecule has 1 aromatic carbocycles. The number of nitrogens with zero attached hydrogens (tertiary/aromatic N) is 3. The molecule has 3 aromatic rings. The van der Waals surface area contributed by atoms with Crippen LogP contribution < -0.4 is 5.32 Å². The standard InChI is InChI=1S/C15H16N4/c1-19-9-8-17-14(19)11-16-10-13-5-2-4-12-6-3-7-18-15(12)13/h2-9,16H,10-11H2,1H3. The second kappa shape index (κ2) is 5.20. The first kappa shape index (κ1) is 11.9. The Morgan fingerprint density at radius 1 is 1.05 bits per heavy atom. The fourth-order valence-corrected chi connectivity index (χ4v) is 2.19. The average molecular weight is 252 g/mol. The fourth-order valence-electron chi connectivity index (χ4n) is 2.19. The Hall–Kier alpha value is -2.20. The van der Waals surface area contributed by atoms with Crippen LogP contribution in [-0.4, -0.2) is 14.5 Å². The number of imidazole rings is 1. The first-order valence-electron chi connectivity index (χ1n) is 6.34. The van der Waals surface area contributed by atoms with Gasteiger partial charge < -0.3 is 9.88 Å². The lowest BCUT2D eigenvalue weighted by Crippen LogP contribution is -2.16. The van der Waals surface area contributed by atoms with Crippen molar-refractivity contribution in [1.29, 1.82) is 0 Å². The van der Waals surface area contributed by atoms with E-state index in [2.05, 4.69) is 39.6 Å². The van der Waals surface area contributed by atoms with Gasteiger partial charge in [0.05, 0.1) is 12.1 Å². The molecule has 0 saturated carbocycles. The van der Waals surface area contributed by atoms with E-state index in [-0.39, 0.29) is 0 Å². The number of rotatable bonds is 4. The van der Waals surface area contributed by atoms with Crippen molar-refractivity contribution in [1.82, 2.24) is 19.9 Å². The Morgan fingerprint density at radius 2 is 1.95 bits per heavy atom. The molecule has 3 rings (SSSR count). The van der Waals surface area contributed by atoms with E-state index in [1.165, 1.54) is 10.9 Å². The summed E-state index contributed by atoms with van der Waals surface area (Å²) in [7, 11) is 2.00. The van der Waals surface area contributed by atoms with E-state index in [0.29, 0.717) is 0 Å². The Balaban J connectivity index is 1.74. The number of hydrogen-bond donors (Lipinski definition) is 1. The molecule has 0 atom stereocenters. The predicted molar refractivity (Wildman–Crippen MR) is 75.5 cm³/mol. The highest BCUT2D eigenvalue weighted by atomic mass is 15.1. The molecule has 0 fully saturated rings. The van der Waals surface area contributed by atoms with Crippen LogP contribution in [-0.2, 0) is 20.1 Å². The monoisotopic (exact) mass is 252 g/mol. The normalized spacial score (nSPS) is 11.0. The molecule has 19 heavy (non-hydrogen) atoms. The second-order valence-corrected chi connectivity index (χ2v) is 4.55. The smallest absolute Gasteiger partial charge is 0.122 e. The molecule has 4 nitrogen and oxygen atoms in total. The predicted octanol–water partition coefficient (Wildman–Crippen LogP) is 2.26. The van der Waals surface area contributed by atoms with Crippen molar-refractivity contribution in [2.45, 2.75) is 13.1 Å². The van der Waals surface area contributed by atoms with E-state index in [0.717, 1.165) is 24.4 Å². The Morgan fingerprint density at radius 3 is 2.79 bits per heavy atom. The molecule has 0 unspecified atom stereocenters. The fraction of sp³-hybridized carbons (Fsp3) is 0.200. The van der Waals surface area contributed by atoms with Crippen LogP contribution in [0.4, 0.5) is 0 Å². The highest BCUT2D eigenvalue weighted by Gasteiger charge is 2.02. The molecule has 0 radical (unpaired) electrons. The van der Waals surface area contributed by atoms with E-state index in [1.807, 2.05) is 36.3 Å². The summed E-state index contributed by atoms with van der Waals surface area (Å²) in [5.74, 6) is 1.04. The molecule has 1 N–H and O–H groups in total. The maximum absolute atomic E-state index is 4.45. The maximum Gasteiger partial charge on any atom is 0.122 e. The first-order chi connectivity index (χ1) is 9.34. The van der Waals surface area contributed by atoms with Crippen molar-refractivity contribution in [2.24, 2.45) is 7.05 Å². The van der Waals surface area contributed by atoms with Gasteiger partial charge in [0, 0.05) is 37.6 Å². The number of hydrogen-bond acceptors (Lipinski definition) is 3. The van der Waals surface area contributed by atoms with Crippen molar-refractivity contribution in [2.75, 3.05) is 0 Å². The van der Waals surface area contributed by atoms with Crippen molar-refractivity contribution in [3.63, 3.8) is 0 Å². The van der Waals surface area contributed by atoms with E-state index in [1.54, 1.807) is 0 Å².